The zero-order chi connectivity index (χ0) is 72.2. The molecule has 0 aliphatic carbocycles. The fourth-order valence-electron chi connectivity index (χ4n) is 12.9. The molecule has 0 spiro atoms. The molecule has 0 saturated carbocycles. The van der Waals surface area contributed by atoms with Crippen LogP contribution in [0.15, 0.2) is 389 Å². The van der Waals surface area contributed by atoms with E-state index in [1.807, 2.05) is 194 Å². The molecule has 0 bridgehead atoms. The molecule has 12 heteroatoms. The topological polar surface area (TPSA) is 155 Å². The summed E-state index contributed by atoms with van der Waals surface area (Å²) in [6.07, 6.45) is 7.31. The first-order chi connectivity index (χ1) is 53.5. The van der Waals surface area contributed by atoms with Gasteiger partial charge in [-0.1, -0.05) is 328 Å². The summed E-state index contributed by atoms with van der Waals surface area (Å²) in [5.41, 5.74) is 23.6. The minimum atomic E-state index is 0.610. The van der Waals surface area contributed by atoms with Crippen LogP contribution in [0.4, 0.5) is 0 Å². The van der Waals surface area contributed by atoms with Crippen molar-refractivity contribution >= 4 is 0 Å². The van der Waals surface area contributed by atoms with Gasteiger partial charge in [-0.05, 0) is 80.9 Å². The molecule has 0 fully saturated rings. The van der Waals surface area contributed by atoms with Crippen molar-refractivity contribution in [1.82, 2.24) is 59.8 Å². The van der Waals surface area contributed by atoms with Crippen molar-refractivity contribution in [2.45, 2.75) is 0 Å². The minimum absolute atomic E-state index is 0.610. The predicted octanol–water partition coefficient (Wildman–Crippen LogP) is 22.8. The molecular formula is C96H64N12. The Bertz CT molecular complexity index is 5980. The number of aromatic nitrogens is 12. The highest BCUT2D eigenvalue weighted by Gasteiger charge is 2.19. The molecule has 0 aliphatic rings. The van der Waals surface area contributed by atoms with Gasteiger partial charge in [0.15, 0.2) is 46.6 Å². The van der Waals surface area contributed by atoms with Crippen LogP contribution in [-0.2, 0) is 0 Å². The van der Waals surface area contributed by atoms with E-state index in [1.165, 1.54) is 0 Å². The van der Waals surface area contributed by atoms with E-state index in [2.05, 4.69) is 192 Å². The van der Waals surface area contributed by atoms with Crippen molar-refractivity contribution < 1.29 is 0 Å². The average molecular weight is 1390 g/mol. The molecule has 18 aromatic rings. The van der Waals surface area contributed by atoms with Crippen LogP contribution in [-0.4, -0.2) is 59.8 Å². The Morgan fingerprint density at radius 1 is 0.120 bits per heavy atom. The fraction of sp³-hybridized carbons (Fsp3) is 0. The van der Waals surface area contributed by atoms with Gasteiger partial charge in [-0.25, -0.2) is 49.8 Å². The molecule has 12 aromatic carbocycles. The number of hydrogen-bond acceptors (Lipinski definition) is 12. The molecule has 0 unspecified atom stereocenters. The quantitative estimate of drug-likeness (QED) is 0.0904. The van der Waals surface area contributed by atoms with Crippen LogP contribution in [0.25, 0.3) is 181 Å². The maximum Gasteiger partial charge on any atom is 0.164 e. The monoisotopic (exact) mass is 1380 g/mol. The lowest BCUT2D eigenvalue weighted by Gasteiger charge is -2.11. The molecule has 6 aromatic heterocycles. The molecule has 0 saturated heterocycles. The lowest BCUT2D eigenvalue weighted by Crippen LogP contribution is -2.00. The van der Waals surface area contributed by atoms with Gasteiger partial charge in [-0.2, -0.15) is 0 Å². The number of pyridine rings is 2. The Kier molecular flexibility index (Phi) is 19.0. The van der Waals surface area contributed by atoms with Crippen molar-refractivity contribution in [1.29, 1.82) is 0 Å². The second-order valence-corrected chi connectivity index (χ2v) is 25.7. The highest BCUT2D eigenvalue weighted by atomic mass is 15.0. The molecule has 18 rings (SSSR count). The molecule has 0 N–H and O–H groups in total. The first-order valence-electron chi connectivity index (χ1n) is 35.5. The summed E-state index contributed by atoms with van der Waals surface area (Å²) in [6.45, 7) is 0. The van der Waals surface area contributed by atoms with Crippen LogP contribution in [0, 0.1) is 0 Å². The smallest absolute Gasteiger partial charge is 0.164 e. The van der Waals surface area contributed by atoms with Crippen LogP contribution in [0.3, 0.4) is 0 Å². The van der Waals surface area contributed by atoms with Crippen molar-refractivity contribution in [3.8, 4) is 181 Å². The Hall–Kier alpha value is -14.9. The third-order valence-corrected chi connectivity index (χ3v) is 18.5. The molecule has 0 amide bonds. The summed E-state index contributed by atoms with van der Waals surface area (Å²) >= 11 is 0. The van der Waals surface area contributed by atoms with Gasteiger partial charge in [-0.3, -0.25) is 9.97 Å². The van der Waals surface area contributed by atoms with Crippen molar-refractivity contribution in [3.63, 3.8) is 0 Å². The van der Waals surface area contributed by atoms with E-state index >= 15 is 0 Å². The Labute approximate surface area is 625 Å². The van der Waals surface area contributed by atoms with Crippen LogP contribution < -0.4 is 0 Å². The molecule has 0 atom stereocenters. The van der Waals surface area contributed by atoms with Gasteiger partial charge in [0.25, 0.3) is 0 Å². The summed E-state index contributed by atoms with van der Waals surface area (Å²) in [5, 5.41) is 0. The Balaban J connectivity index is 0.000000158. The highest BCUT2D eigenvalue weighted by Crippen LogP contribution is 2.36. The molecule has 12 nitrogen and oxygen atoms in total. The van der Waals surface area contributed by atoms with Crippen molar-refractivity contribution in [3.05, 3.63) is 389 Å². The van der Waals surface area contributed by atoms with Gasteiger partial charge in [-0.15, -0.1) is 0 Å². The molecule has 108 heavy (non-hydrogen) atoms. The molecule has 508 valence electrons. The average Bonchev–Trinajstić information content (AvgIpc) is 0.801. The summed E-state index contributed by atoms with van der Waals surface area (Å²) in [7, 11) is 0. The minimum Gasteiger partial charge on any atom is -0.264 e. The second kappa shape index (κ2) is 31.0. The van der Waals surface area contributed by atoms with Gasteiger partial charge in [0.1, 0.15) is 0 Å². The fourth-order valence-corrected chi connectivity index (χ4v) is 12.9. The molecular weight excluding hydrogens is 1320 g/mol. The summed E-state index contributed by atoms with van der Waals surface area (Å²) < 4.78 is 0. The van der Waals surface area contributed by atoms with Crippen molar-refractivity contribution in [2.24, 2.45) is 0 Å². The van der Waals surface area contributed by atoms with Gasteiger partial charge in [0.05, 0.1) is 22.8 Å². The number of nitrogens with zero attached hydrogens (tertiary/aromatic N) is 12. The predicted molar refractivity (Wildman–Crippen MR) is 433 cm³/mol. The SMILES string of the molecule is c1ccc(-c2cc(-c3cccc(-c4ccc(-c5nc(-c6ccccc6)nc(-c6ccc(-c7cccnc7)cc6)n5)cc4)c3)nc(-c3ccccc3)n2)cc1.c1ccc(-c2nc(-c3ccc(-c4cccnc4)cc3)cc(-c3cccc(-c4ccc(-c5nc(-c6ccccc6)nc(-c6ccccc6)n5)cc4)c3)n2)cc1. The normalized spacial score (nSPS) is 11.0. The Morgan fingerprint density at radius 3 is 0.593 bits per heavy atom. The lowest BCUT2D eigenvalue weighted by atomic mass is 9.99. The summed E-state index contributed by atoms with van der Waals surface area (Å²) in [4.78, 5) is 58.1. The molecule has 6 heterocycles. The zero-order valence-corrected chi connectivity index (χ0v) is 58.3. The standard InChI is InChI=1S/2C48H32N6/c1-4-12-36(13-5-1)45-50-43(35-25-21-34(22-26-35)42-20-11-29-49-32-42)31-44(51-45)41-19-10-18-40(30-41)33-23-27-39(28-24-33)48-53-46(37-14-6-2-7-15-37)52-47(54-48)38-16-8-3-9-17-38;1-4-12-35(13-5-1)43-31-44(51-45(50-43)36-14-6-2-7-15-36)41-19-10-18-40(30-41)33-21-25-38(26-22-33)47-52-46(37-16-8-3-9-17-37)53-48(54-47)39-27-23-34(24-28-39)42-20-11-29-49-32-42/h2*1-32H. The maximum atomic E-state index is 5.08. The van der Waals surface area contributed by atoms with E-state index in [4.69, 9.17) is 49.8 Å². The number of benzene rings is 12. The van der Waals surface area contributed by atoms with Gasteiger partial charge in [0, 0.05) is 91.5 Å². The van der Waals surface area contributed by atoms with Gasteiger partial charge >= 0.3 is 0 Å². The lowest BCUT2D eigenvalue weighted by molar-refractivity contribution is 1.07. The molecule has 0 aliphatic heterocycles. The van der Waals surface area contributed by atoms with Crippen LogP contribution in [0.5, 0.6) is 0 Å². The van der Waals surface area contributed by atoms with E-state index in [0.29, 0.717) is 46.6 Å². The summed E-state index contributed by atoms with van der Waals surface area (Å²) in [6, 6.07) is 123. The van der Waals surface area contributed by atoms with Crippen LogP contribution in [0.1, 0.15) is 0 Å². The Morgan fingerprint density at radius 2 is 0.315 bits per heavy atom. The van der Waals surface area contributed by atoms with E-state index in [9.17, 15) is 0 Å². The molecule has 0 radical (unpaired) electrons. The zero-order valence-electron chi connectivity index (χ0n) is 58.3. The van der Waals surface area contributed by atoms with E-state index < -0.39 is 0 Å². The maximum absolute atomic E-state index is 5.08. The second-order valence-electron chi connectivity index (χ2n) is 25.7. The van der Waals surface area contributed by atoms with Crippen LogP contribution in [0.2, 0.25) is 0 Å². The summed E-state index contributed by atoms with van der Waals surface area (Å²) in [5.74, 6) is 5.12. The highest BCUT2D eigenvalue weighted by molar-refractivity contribution is 5.81. The van der Waals surface area contributed by atoms with E-state index in [1.54, 1.807) is 12.4 Å². The third-order valence-electron chi connectivity index (χ3n) is 18.5. The van der Waals surface area contributed by atoms with Gasteiger partial charge < -0.3 is 0 Å². The first kappa shape index (κ1) is 66.4. The van der Waals surface area contributed by atoms with Crippen LogP contribution >= 0.6 is 0 Å². The number of rotatable bonds is 16. The van der Waals surface area contributed by atoms with E-state index in [0.717, 1.165) is 134 Å². The largest absolute Gasteiger partial charge is 0.264 e. The third kappa shape index (κ3) is 15.1. The number of hydrogen-bond donors (Lipinski definition) is 0. The van der Waals surface area contributed by atoms with E-state index in [-0.39, 0.29) is 0 Å². The van der Waals surface area contributed by atoms with Gasteiger partial charge in [0.2, 0.25) is 0 Å². The first-order valence-corrected chi connectivity index (χ1v) is 35.5. The van der Waals surface area contributed by atoms with Crippen molar-refractivity contribution in [2.75, 3.05) is 0 Å².